The molecule has 0 saturated heterocycles. The molecule has 3 rings (SSSR count). The van der Waals surface area contributed by atoms with E-state index < -0.39 is 0 Å². The van der Waals surface area contributed by atoms with Crippen molar-refractivity contribution >= 4 is 22.9 Å². The molecule has 1 N–H and O–H groups in total. The monoisotopic (exact) mass is 278 g/mol. The smallest absolute Gasteiger partial charge is 0.0932 e. The van der Waals surface area contributed by atoms with Crippen molar-refractivity contribution in [3.63, 3.8) is 0 Å². The van der Waals surface area contributed by atoms with Gasteiger partial charge in [-0.05, 0) is 48.4 Å². The van der Waals surface area contributed by atoms with Gasteiger partial charge in [0.05, 0.1) is 10.4 Å². The molecule has 18 heavy (non-hydrogen) atoms. The molecule has 0 amide bonds. The summed E-state index contributed by atoms with van der Waals surface area (Å²) < 4.78 is 0.750. The van der Waals surface area contributed by atoms with Crippen molar-refractivity contribution in [3.05, 3.63) is 56.7 Å². The van der Waals surface area contributed by atoms with Gasteiger partial charge in [-0.3, -0.25) is 0 Å². The lowest BCUT2D eigenvalue weighted by Crippen LogP contribution is -2.20. The number of aliphatic hydroxyl groups excluding tert-OH is 1. The van der Waals surface area contributed by atoms with Gasteiger partial charge >= 0.3 is 0 Å². The van der Waals surface area contributed by atoms with Crippen LogP contribution in [0.25, 0.3) is 0 Å². The Bertz CT molecular complexity index is 549. The molecule has 0 saturated carbocycles. The van der Waals surface area contributed by atoms with E-state index in [-0.39, 0.29) is 6.10 Å². The fourth-order valence-electron chi connectivity index (χ4n) is 2.71. The summed E-state index contributed by atoms with van der Waals surface area (Å²) in [7, 11) is 0. The standard InChI is InChI=1S/C15H15ClOS/c16-14-8-7-13(18-14)15(17)12-6-5-10-3-1-2-4-11(10)9-12/h1-4,7-8,12,15,17H,5-6,9H2. The lowest BCUT2D eigenvalue weighted by molar-refractivity contribution is 0.103. The maximum Gasteiger partial charge on any atom is 0.0932 e. The van der Waals surface area contributed by atoms with Gasteiger partial charge in [0.25, 0.3) is 0 Å². The van der Waals surface area contributed by atoms with Crippen LogP contribution in [0.1, 0.15) is 28.5 Å². The van der Waals surface area contributed by atoms with Crippen LogP contribution in [0.5, 0.6) is 0 Å². The van der Waals surface area contributed by atoms with Crippen LogP contribution in [0.4, 0.5) is 0 Å². The first kappa shape index (κ1) is 12.2. The topological polar surface area (TPSA) is 20.2 Å². The normalized spacial score (nSPS) is 20.4. The predicted molar refractivity (Wildman–Crippen MR) is 76.2 cm³/mol. The molecule has 1 nitrogen and oxygen atoms in total. The van der Waals surface area contributed by atoms with E-state index in [1.807, 2.05) is 12.1 Å². The van der Waals surface area contributed by atoms with Crippen LogP contribution < -0.4 is 0 Å². The zero-order valence-corrected chi connectivity index (χ0v) is 11.5. The van der Waals surface area contributed by atoms with Crippen molar-refractivity contribution in [3.8, 4) is 0 Å². The molecule has 1 aromatic heterocycles. The second-order valence-electron chi connectivity index (χ2n) is 4.86. The van der Waals surface area contributed by atoms with Crippen LogP contribution in [0, 0.1) is 5.92 Å². The SMILES string of the molecule is OC(c1ccc(Cl)s1)C1CCc2ccccc2C1. The molecule has 3 heteroatoms. The number of hydrogen-bond acceptors (Lipinski definition) is 2. The predicted octanol–water partition coefficient (Wildman–Crippen LogP) is 4.24. The van der Waals surface area contributed by atoms with E-state index >= 15 is 0 Å². The molecule has 0 fully saturated rings. The van der Waals surface area contributed by atoms with Crippen molar-refractivity contribution < 1.29 is 5.11 Å². The Labute approximate surface area is 116 Å². The van der Waals surface area contributed by atoms with E-state index in [2.05, 4.69) is 24.3 Å². The summed E-state index contributed by atoms with van der Waals surface area (Å²) in [4.78, 5) is 0.990. The van der Waals surface area contributed by atoms with Gasteiger partial charge in [0.1, 0.15) is 0 Å². The number of aryl methyl sites for hydroxylation is 1. The largest absolute Gasteiger partial charge is 0.387 e. The van der Waals surface area contributed by atoms with Crippen molar-refractivity contribution in [2.75, 3.05) is 0 Å². The molecule has 0 bridgehead atoms. The number of hydrogen-bond donors (Lipinski definition) is 1. The summed E-state index contributed by atoms with van der Waals surface area (Å²) in [6, 6.07) is 12.3. The molecule has 1 aliphatic carbocycles. The maximum absolute atomic E-state index is 10.4. The van der Waals surface area contributed by atoms with Gasteiger partial charge in [-0.15, -0.1) is 11.3 Å². The van der Waals surface area contributed by atoms with E-state index in [1.165, 1.54) is 22.5 Å². The maximum atomic E-state index is 10.4. The zero-order chi connectivity index (χ0) is 12.5. The number of halogens is 1. The summed E-state index contributed by atoms with van der Waals surface area (Å²) in [5, 5.41) is 10.4. The second-order valence-corrected chi connectivity index (χ2v) is 6.60. The molecule has 94 valence electrons. The molecule has 2 atom stereocenters. The van der Waals surface area contributed by atoms with Crippen molar-refractivity contribution in [1.82, 2.24) is 0 Å². The molecule has 2 aromatic rings. The van der Waals surface area contributed by atoms with Gasteiger partial charge in [-0.1, -0.05) is 35.9 Å². The Morgan fingerprint density at radius 2 is 1.94 bits per heavy atom. The third-order valence-corrected chi connectivity index (χ3v) is 5.02. The first-order chi connectivity index (χ1) is 8.74. The third-order valence-electron chi connectivity index (χ3n) is 3.72. The van der Waals surface area contributed by atoms with Gasteiger partial charge in [0.2, 0.25) is 0 Å². The third kappa shape index (κ3) is 2.33. The fourth-order valence-corrected chi connectivity index (χ4v) is 3.86. The van der Waals surface area contributed by atoms with Crippen LogP contribution in [-0.2, 0) is 12.8 Å². The summed E-state index contributed by atoms with van der Waals surface area (Å²) >= 11 is 7.42. The van der Waals surface area contributed by atoms with E-state index in [0.717, 1.165) is 28.5 Å². The van der Waals surface area contributed by atoms with Crippen LogP contribution in [0.15, 0.2) is 36.4 Å². The highest BCUT2D eigenvalue weighted by molar-refractivity contribution is 7.16. The van der Waals surface area contributed by atoms with Gasteiger partial charge in [0.15, 0.2) is 0 Å². The Morgan fingerprint density at radius 1 is 1.17 bits per heavy atom. The Balaban J connectivity index is 1.79. The highest BCUT2D eigenvalue weighted by atomic mass is 35.5. The van der Waals surface area contributed by atoms with Gasteiger partial charge < -0.3 is 5.11 Å². The molecule has 0 spiro atoms. The van der Waals surface area contributed by atoms with Gasteiger partial charge in [0, 0.05) is 4.88 Å². The van der Waals surface area contributed by atoms with Crippen molar-refractivity contribution in [2.24, 2.45) is 5.92 Å². The van der Waals surface area contributed by atoms with E-state index in [9.17, 15) is 5.11 Å². The van der Waals surface area contributed by atoms with Crippen LogP contribution in [0.2, 0.25) is 4.34 Å². The minimum absolute atomic E-state index is 0.314. The van der Waals surface area contributed by atoms with Crippen LogP contribution in [0.3, 0.4) is 0 Å². The Morgan fingerprint density at radius 3 is 2.67 bits per heavy atom. The lowest BCUT2D eigenvalue weighted by Gasteiger charge is -2.28. The molecule has 0 aliphatic heterocycles. The zero-order valence-electron chi connectivity index (χ0n) is 9.97. The molecule has 1 aliphatic rings. The number of thiophene rings is 1. The molecule has 1 aromatic carbocycles. The summed E-state index contributed by atoms with van der Waals surface area (Å²) in [5.74, 6) is 0.314. The highest BCUT2D eigenvalue weighted by Crippen LogP contribution is 2.37. The first-order valence-electron chi connectivity index (χ1n) is 6.24. The Kier molecular flexibility index (Phi) is 3.42. The first-order valence-corrected chi connectivity index (χ1v) is 7.43. The summed E-state index contributed by atoms with van der Waals surface area (Å²) in [6.45, 7) is 0. The molecule has 0 radical (unpaired) electrons. The van der Waals surface area contributed by atoms with E-state index in [1.54, 1.807) is 0 Å². The average molecular weight is 279 g/mol. The highest BCUT2D eigenvalue weighted by Gasteiger charge is 2.26. The number of aliphatic hydroxyl groups is 1. The second kappa shape index (κ2) is 5.04. The Hall–Kier alpha value is -0.830. The van der Waals surface area contributed by atoms with Crippen LogP contribution >= 0.6 is 22.9 Å². The average Bonchev–Trinajstić information content (AvgIpc) is 2.84. The van der Waals surface area contributed by atoms with Crippen LogP contribution in [-0.4, -0.2) is 5.11 Å². The quantitative estimate of drug-likeness (QED) is 0.871. The van der Waals surface area contributed by atoms with Crippen molar-refractivity contribution in [2.45, 2.75) is 25.4 Å². The number of fused-ring (bicyclic) bond motifs is 1. The minimum Gasteiger partial charge on any atom is -0.387 e. The molecular formula is C15H15ClOS. The molecule has 2 unspecified atom stereocenters. The van der Waals surface area contributed by atoms with E-state index in [0.29, 0.717) is 5.92 Å². The molecule has 1 heterocycles. The van der Waals surface area contributed by atoms with Gasteiger partial charge in [-0.25, -0.2) is 0 Å². The minimum atomic E-state index is -0.379. The summed E-state index contributed by atoms with van der Waals surface area (Å²) in [6.07, 6.45) is 2.70. The lowest BCUT2D eigenvalue weighted by atomic mass is 9.81. The van der Waals surface area contributed by atoms with Gasteiger partial charge in [-0.2, -0.15) is 0 Å². The number of benzene rings is 1. The van der Waals surface area contributed by atoms with Crippen molar-refractivity contribution in [1.29, 1.82) is 0 Å². The fraction of sp³-hybridized carbons (Fsp3) is 0.333. The summed E-state index contributed by atoms with van der Waals surface area (Å²) in [5.41, 5.74) is 2.82. The van der Waals surface area contributed by atoms with E-state index in [4.69, 9.17) is 11.6 Å². The number of rotatable bonds is 2. The molecular weight excluding hydrogens is 264 g/mol.